The Morgan fingerprint density at radius 1 is 1.22 bits per heavy atom. The number of hydrogen-bond acceptors (Lipinski definition) is 3. The Labute approximate surface area is 103 Å². The number of nitrogens with two attached hydrogens (primary N) is 1. The van der Waals surface area contributed by atoms with Crippen molar-refractivity contribution in [2.45, 2.75) is 0 Å². The Hall–Kier alpha value is -2.40. The van der Waals surface area contributed by atoms with Crippen molar-refractivity contribution in [2.24, 2.45) is 5.84 Å². The van der Waals surface area contributed by atoms with Gasteiger partial charge in [0, 0.05) is 11.6 Å². The van der Waals surface area contributed by atoms with E-state index in [0.29, 0.717) is 11.5 Å². The second-order valence-electron chi connectivity index (χ2n) is 3.55. The van der Waals surface area contributed by atoms with Crippen molar-refractivity contribution in [3.8, 4) is 11.3 Å². The number of halogens is 1. The van der Waals surface area contributed by atoms with Crippen molar-refractivity contribution >= 4 is 12.0 Å². The summed E-state index contributed by atoms with van der Waals surface area (Å²) in [7, 11) is 0. The molecule has 0 radical (unpaired) electrons. The van der Waals surface area contributed by atoms with Gasteiger partial charge in [0.05, 0.1) is 0 Å². The van der Waals surface area contributed by atoms with Gasteiger partial charge in [0.1, 0.15) is 17.3 Å². The lowest BCUT2D eigenvalue weighted by atomic mass is 10.2. The fourth-order valence-corrected chi connectivity index (χ4v) is 1.42. The number of rotatable bonds is 3. The van der Waals surface area contributed by atoms with E-state index in [1.807, 2.05) is 5.43 Å². The van der Waals surface area contributed by atoms with Gasteiger partial charge in [-0.15, -0.1) is 0 Å². The Morgan fingerprint density at radius 2 is 1.94 bits per heavy atom. The van der Waals surface area contributed by atoms with Crippen LogP contribution < -0.4 is 11.3 Å². The largest absolute Gasteiger partial charge is 0.457 e. The number of carbonyl (C=O) groups excluding carboxylic acids is 1. The molecule has 0 bridgehead atoms. The molecular weight excluding hydrogens is 235 g/mol. The first-order valence-electron chi connectivity index (χ1n) is 5.23. The molecule has 2 rings (SSSR count). The van der Waals surface area contributed by atoms with Crippen molar-refractivity contribution < 1.29 is 13.6 Å². The van der Waals surface area contributed by atoms with E-state index < -0.39 is 5.91 Å². The molecule has 1 aromatic heterocycles. The second-order valence-corrected chi connectivity index (χ2v) is 3.55. The molecule has 2 aromatic rings. The minimum Gasteiger partial charge on any atom is -0.457 e. The van der Waals surface area contributed by atoms with Gasteiger partial charge in [-0.2, -0.15) is 0 Å². The minimum absolute atomic E-state index is 0.301. The average Bonchev–Trinajstić information content (AvgIpc) is 2.85. The second kappa shape index (κ2) is 5.29. The number of carbonyl (C=O) groups is 1. The third kappa shape index (κ3) is 2.83. The van der Waals surface area contributed by atoms with Gasteiger partial charge in [0.25, 0.3) is 5.91 Å². The van der Waals surface area contributed by atoms with Crippen LogP contribution in [0.3, 0.4) is 0 Å². The number of hydrogen-bond donors (Lipinski definition) is 2. The summed E-state index contributed by atoms with van der Waals surface area (Å²) in [5.74, 6) is 5.32. The van der Waals surface area contributed by atoms with Crippen molar-refractivity contribution in [3.05, 3.63) is 54.1 Å². The van der Waals surface area contributed by atoms with Crippen LogP contribution in [0.15, 0.2) is 46.9 Å². The van der Waals surface area contributed by atoms with E-state index in [4.69, 9.17) is 10.3 Å². The number of benzene rings is 1. The molecule has 0 aliphatic rings. The molecule has 4 nitrogen and oxygen atoms in total. The van der Waals surface area contributed by atoms with Crippen LogP contribution in [0.2, 0.25) is 0 Å². The highest BCUT2D eigenvalue weighted by Crippen LogP contribution is 2.22. The first kappa shape index (κ1) is 12.1. The van der Waals surface area contributed by atoms with Gasteiger partial charge in [0.15, 0.2) is 0 Å². The number of nitrogens with one attached hydrogen (secondary N) is 1. The van der Waals surface area contributed by atoms with Crippen LogP contribution in [0.4, 0.5) is 4.39 Å². The summed E-state index contributed by atoms with van der Waals surface area (Å²) < 4.78 is 18.2. The highest BCUT2D eigenvalue weighted by molar-refractivity contribution is 5.90. The lowest BCUT2D eigenvalue weighted by Gasteiger charge is -1.95. The predicted molar refractivity (Wildman–Crippen MR) is 65.5 cm³/mol. The van der Waals surface area contributed by atoms with Gasteiger partial charge in [0.2, 0.25) is 0 Å². The fourth-order valence-electron chi connectivity index (χ4n) is 1.42. The SMILES string of the molecule is NNC(=O)/C=C/c1ccc(-c2ccc(F)cc2)o1. The monoisotopic (exact) mass is 246 g/mol. The molecule has 18 heavy (non-hydrogen) atoms. The van der Waals surface area contributed by atoms with Crippen molar-refractivity contribution in [1.82, 2.24) is 5.43 Å². The molecule has 0 saturated carbocycles. The van der Waals surface area contributed by atoms with Crippen LogP contribution >= 0.6 is 0 Å². The molecule has 0 aliphatic carbocycles. The maximum atomic E-state index is 12.8. The van der Waals surface area contributed by atoms with Gasteiger partial charge in [-0.1, -0.05) is 0 Å². The summed E-state index contributed by atoms with van der Waals surface area (Å²) in [5.41, 5.74) is 2.73. The molecule has 0 spiro atoms. The van der Waals surface area contributed by atoms with E-state index in [2.05, 4.69) is 0 Å². The van der Waals surface area contributed by atoms with Gasteiger partial charge in [-0.05, 0) is 42.5 Å². The Bertz CT molecular complexity index is 573. The first-order valence-corrected chi connectivity index (χ1v) is 5.23. The van der Waals surface area contributed by atoms with E-state index >= 15 is 0 Å². The average molecular weight is 246 g/mol. The number of furan rings is 1. The number of amides is 1. The van der Waals surface area contributed by atoms with Gasteiger partial charge >= 0.3 is 0 Å². The Kier molecular flexibility index (Phi) is 3.54. The normalized spacial score (nSPS) is 10.8. The third-order valence-corrected chi connectivity index (χ3v) is 2.30. The fraction of sp³-hybridized carbons (Fsp3) is 0. The zero-order valence-corrected chi connectivity index (χ0v) is 9.39. The van der Waals surface area contributed by atoms with Crippen molar-refractivity contribution in [2.75, 3.05) is 0 Å². The summed E-state index contributed by atoms with van der Waals surface area (Å²) in [4.78, 5) is 10.9. The van der Waals surface area contributed by atoms with Crippen LogP contribution in [0.5, 0.6) is 0 Å². The summed E-state index contributed by atoms with van der Waals surface area (Å²) in [6.07, 6.45) is 2.75. The van der Waals surface area contributed by atoms with Crippen LogP contribution in [-0.2, 0) is 4.79 Å². The summed E-state index contributed by atoms with van der Waals surface area (Å²) in [6, 6.07) is 9.40. The topological polar surface area (TPSA) is 68.3 Å². The molecule has 3 N–H and O–H groups in total. The van der Waals surface area contributed by atoms with Gasteiger partial charge in [-0.3, -0.25) is 10.2 Å². The Morgan fingerprint density at radius 3 is 2.61 bits per heavy atom. The van der Waals surface area contributed by atoms with Gasteiger partial charge in [-0.25, -0.2) is 10.2 Å². The maximum Gasteiger partial charge on any atom is 0.258 e. The molecule has 0 fully saturated rings. The van der Waals surface area contributed by atoms with Crippen LogP contribution in [0.1, 0.15) is 5.76 Å². The van der Waals surface area contributed by atoms with Crippen LogP contribution in [-0.4, -0.2) is 5.91 Å². The lowest BCUT2D eigenvalue weighted by Crippen LogP contribution is -2.27. The van der Waals surface area contributed by atoms with E-state index in [1.165, 1.54) is 24.3 Å². The predicted octanol–water partition coefficient (Wildman–Crippen LogP) is 2.09. The quantitative estimate of drug-likeness (QED) is 0.377. The third-order valence-electron chi connectivity index (χ3n) is 2.30. The lowest BCUT2D eigenvalue weighted by molar-refractivity contribution is -0.116. The molecule has 1 heterocycles. The standard InChI is InChI=1S/C13H11FN2O2/c14-10-3-1-9(2-4-10)12-7-5-11(18-12)6-8-13(17)16-15/h1-8H,15H2,(H,16,17)/b8-6+. The van der Waals surface area contributed by atoms with E-state index in [0.717, 1.165) is 5.56 Å². The zero-order valence-electron chi connectivity index (χ0n) is 9.39. The zero-order chi connectivity index (χ0) is 13.0. The molecule has 5 heteroatoms. The molecule has 1 amide bonds. The molecule has 92 valence electrons. The van der Waals surface area contributed by atoms with Crippen LogP contribution in [0.25, 0.3) is 17.4 Å². The molecule has 0 atom stereocenters. The van der Waals surface area contributed by atoms with Crippen LogP contribution in [0, 0.1) is 5.82 Å². The maximum absolute atomic E-state index is 12.8. The van der Waals surface area contributed by atoms with Crippen molar-refractivity contribution in [1.29, 1.82) is 0 Å². The molecule has 1 aromatic carbocycles. The molecule has 0 unspecified atom stereocenters. The van der Waals surface area contributed by atoms with Gasteiger partial charge < -0.3 is 4.42 Å². The van der Waals surface area contributed by atoms with E-state index in [-0.39, 0.29) is 5.82 Å². The summed E-state index contributed by atoms with van der Waals surface area (Å²) in [6.45, 7) is 0. The highest BCUT2D eigenvalue weighted by Gasteiger charge is 2.03. The van der Waals surface area contributed by atoms with E-state index in [1.54, 1.807) is 24.3 Å². The number of hydrazine groups is 1. The van der Waals surface area contributed by atoms with E-state index in [9.17, 15) is 9.18 Å². The highest BCUT2D eigenvalue weighted by atomic mass is 19.1. The minimum atomic E-state index is -0.422. The Balaban J connectivity index is 2.18. The molecular formula is C13H11FN2O2. The molecule has 0 aliphatic heterocycles. The summed E-state index contributed by atoms with van der Waals surface area (Å²) in [5, 5.41) is 0. The smallest absolute Gasteiger partial charge is 0.258 e. The molecule has 0 saturated heterocycles. The first-order chi connectivity index (χ1) is 8.69. The summed E-state index contributed by atoms with van der Waals surface area (Å²) >= 11 is 0. The van der Waals surface area contributed by atoms with Crippen molar-refractivity contribution in [3.63, 3.8) is 0 Å².